The van der Waals surface area contributed by atoms with Gasteiger partial charge in [-0.3, -0.25) is 0 Å². The standard InChI is InChI=1S/C115H105N5S/c1-110(2,3)75-41-50-94-88(60-75)89-61-76(111(4,5)6)42-51-95(89)116(94)81-47-49-87-103(66-81)120(101-39-29-37-85-84-36-28-38-100(108(84)121-109(85)101)119-98-54-45-79(114(13,14)15)64-92(98)93-65-80(115(16,17)18)46-55-99(93)119)105-68-83(117-96-52-43-77(112(7,8)9)62-90(96)91-63-78(113(10,11)12)44-53-97(91)117)67-104-107(105)106(87)86-48-40-72(69-30-22-19-23-31-69)59-102(86)118(104)82-57-73(70-32-24-20-25-33-70)56-74(58-82)71-34-26-21-27-35-71/h19-68,106H,1-18H3/i19D,22D,23D,30D,31D. The van der Waals surface area contributed by atoms with Gasteiger partial charge in [0.15, 0.2) is 0 Å². The van der Waals surface area contributed by atoms with Crippen molar-refractivity contribution in [3.05, 3.63) is 353 Å². The van der Waals surface area contributed by atoms with Crippen LogP contribution in [-0.4, -0.2) is 13.7 Å². The molecule has 0 saturated carbocycles. The van der Waals surface area contributed by atoms with Crippen LogP contribution in [0, 0.1) is 0 Å². The van der Waals surface area contributed by atoms with E-state index in [1.54, 1.807) is 0 Å². The summed E-state index contributed by atoms with van der Waals surface area (Å²) in [4.78, 5) is 5.10. The number of fused-ring (bicyclic) bond motifs is 16. The number of nitrogens with zero attached hydrogens (tertiary/aromatic N) is 5. The first-order valence-corrected chi connectivity index (χ1v) is 43.8. The van der Waals surface area contributed by atoms with Crippen LogP contribution in [0.1, 0.15) is 187 Å². The van der Waals surface area contributed by atoms with E-state index >= 15 is 0 Å². The predicted octanol–water partition coefficient (Wildman–Crippen LogP) is 32.9. The summed E-state index contributed by atoms with van der Waals surface area (Å²) in [5, 5.41) is 9.56. The van der Waals surface area contributed by atoms with Gasteiger partial charge >= 0.3 is 0 Å². The fourth-order valence-corrected chi connectivity index (χ4v) is 20.8. The maximum Gasteiger partial charge on any atom is 0.0640 e. The molecule has 0 saturated heterocycles. The summed E-state index contributed by atoms with van der Waals surface area (Å²) in [6.45, 7) is 41.6. The van der Waals surface area contributed by atoms with Crippen molar-refractivity contribution in [2.45, 2.75) is 163 Å². The first-order chi connectivity index (χ1) is 59.8. The lowest BCUT2D eigenvalue weighted by atomic mass is 9.75. The fourth-order valence-electron chi connectivity index (χ4n) is 19.5. The van der Waals surface area contributed by atoms with Crippen LogP contribution < -0.4 is 9.80 Å². The van der Waals surface area contributed by atoms with Crippen LogP contribution >= 0.6 is 11.3 Å². The molecule has 1 unspecified atom stereocenters. The topological polar surface area (TPSA) is 21.3 Å². The minimum Gasteiger partial charge on any atom is -0.310 e. The molecular weight excluding hydrogens is 1480 g/mol. The van der Waals surface area contributed by atoms with Crippen molar-refractivity contribution in [1.29, 1.82) is 0 Å². The monoisotopic (exact) mass is 1590 g/mol. The summed E-state index contributed by atoms with van der Waals surface area (Å²) in [7, 11) is 0. The molecule has 0 spiro atoms. The van der Waals surface area contributed by atoms with Crippen molar-refractivity contribution in [2.24, 2.45) is 0 Å². The Balaban J connectivity index is 0.930. The highest BCUT2D eigenvalue weighted by atomic mass is 32.1. The maximum atomic E-state index is 9.75. The zero-order chi connectivity index (χ0) is 88.0. The van der Waals surface area contributed by atoms with Crippen molar-refractivity contribution in [3.63, 3.8) is 0 Å². The highest BCUT2D eigenvalue weighted by Gasteiger charge is 2.44. The molecule has 1 atom stereocenters. The molecule has 0 radical (unpaired) electrons. The highest BCUT2D eigenvalue weighted by Crippen LogP contribution is 2.64. The van der Waals surface area contributed by atoms with Crippen LogP contribution in [-0.2, 0) is 32.5 Å². The van der Waals surface area contributed by atoms with Gasteiger partial charge < -0.3 is 23.5 Å². The molecule has 0 amide bonds. The van der Waals surface area contributed by atoms with E-state index in [4.69, 9.17) is 1.37 Å². The number of aromatic nitrogens is 3. The van der Waals surface area contributed by atoms with E-state index in [0.29, 0.717) is 5.56 Å². The Bertz CT molecular complexity index is 7540. The zero-order valence-corrected chi connectivity index (χ0v) is 73.5. The van der Waals surface area contributed by atoms with Crippen LogP contribution in [0.3, 0.4) is 0 Å². The molecule has 0 fully saturated rings. The number of anilines is 6. The normalized spacial score (nSPS) is 14.7. The fraction of sp³-hybridized carbons (Fsp3) is 0.217. The minimum atomic E-state index is -0.458. The third-order valence-electron chi connectivity index (χ3n) is 26.2. The number of thiophene rings is 1. The molecule has 4 aromatic heterocycles. The summed E-state index contributed by atoms with van der Waals surface area (Å²) in [6, 6.07) is 102. The second kappa shape index (κ2) is 27.0. The largest absolute Gasteiger partial charge is 0.310 e. The van der Waals surface area contributed by atoms with E-state index in [-0.39, 0.29) is 62.2 Å². The molecule has 5 nitrogen and oxygen atoms in total. The number of hydrogen-bond donors (Lipinski definition) is 0. The molecule has 0 bridgehead atoms. The Morgan fingerprint density at radius 3 is 1.02 bits per heavy atom. The molecule has 19 aromatic rings. The molecule has 0 aliphatic carbocycles. The minimum absolute atomic E-state index is 0.0771. The first kappa shape index (κ1) is 70.4. The third-order valence-corrected chi connectivity index (χ3v) is 27.5. The summed E-state index contributed by atoms with van der Waals surface area (Å²) >= 11 is 1.87. The molecule has 121 heavy (non-hydrogen) atoms. The van der Waals surface area contributed by atoms with E-state index in [1.807, 2.05) is 17.4 Å². The van der Waals surface area contributed by atoms with E-state index in [9.17, 15) is 5.48 Å². The van der Waals surface area contributed by atoms with Gasteiger partial charge in [0.1, 0.15) is 0 Å². The Morgan fingerprint density at radius 1 is 0.240 bits per heavy atom. The highest BCUT2D eigenvalue weighted by molar-refractivity contribution is 7.26. The molecule has 21 rings (SSSR count). The van der Waals surface area contributed by atoms with Crippen molar-refractivity contribution >= 4 is 131 Å². The van der Waals surface area contributed by atoms with Gasteiger partial charge in [-0.2, -0.15) is 0 Å². The molecule has 6 heterocycles. The Hall–Kier alpha value is -12.5. The Kier molecular flexibility index (Phi) is 15.7. The van der Waals surface area contributed by atoms with Gasteiger partial charge in [0.2, 0.25) is 0 Å². The summed E-state index contributed by atoms with van der Waals surface area (Å²) in [5.74, 6) is -0.458. The number of benzene rings is 15. The van der Waals surface area contributed by atoms with Gasteiger partial charge in [0.25, 0.3) is 0 Å². The lowest BCUT2D eigenvalue weighted by Gasteiger charge is -2.46. The van der Waals surface area contributed by atoms with Gasteiger partial charge in [-0.25, -0.2) is 0 Å². The lowest BCUT2D eigenvalue weighted by molar-refractivity contribution is 0.590. The van der Waals surface area contributed by atoms with Crippen molar-refractivity contribution in [2.75, 3.05) is 9.80 Å². The number of rotatable bonds is 8. The summed E-state index contributed by atoms with van der Waals surface area (Å²) in [5.41, 5.74) is 30.4. The second-order valence-electron chi connectivity index (χ2n) is 40.3. The van der Waals surface area contributed by atoms with Crippen LogP contribution in [0.2, 0.25) is 0 Å². The Labute approximate surface area is 723 Å². The molecular formula is C115H105N5S. The lowest BCUT2D eigenvalue weighted by Crippen LogP contribution is -2.30. The number of hydrogen-bond acceptors (Lipinski definition) is 3. The van der Waals surface area contributed by atoms with Gasteiger partial charge in [0, 0.05) is 65.9 Å². The predicted molar refractivity (Wildman–Crippen MR) is 521 cm³/mol. The van der Waals surface area contributed by atoms with Crippen LogP contribution in [0.5, 0.6) is 0 Å². The second-order valence-corrected chi connectivity index (χ2v) is 41.3. The van der Waals surface area contributed by atoms with Crippen molar-refractivity contribution < 1.29 is 6.85 Å². The molecule has 0 N–H and O–H groups in total. The summed E-state index contributed by atoms with van der Waals surface area (Å²) in [6.07, 6.45) is 0. The van der Waals surface area contributed by atoms with Crippen molar-refractivity contribution in [3.8, 4) is 50.4 Å². The van der Waals surface area contributed by atoms with E-state index in [0.717, 1.165) is 122 Å². The van der Waals surface area contributed by atoms with Gasteiger partial charge in [-0.15, -0.1) is 11.3 Å². The molecule has 15 aromatic carbocycles. The van der Waals surface area contributed by atoms with Crippen LogP contribution in [0.15, 0.2) is 303 Å². The maximum absolute atomic E-state index is 9.75. The average Bonchev–Trinajstić information content (AvgIpc) is 0.963. The molecule has 6 heteroatoms. The smallest absolute Gasteiger partial charge is 0.0640 e. The van der Waals surface area contributed by atoms with Crippen molar-refractivity contribution in [1.82, 2.24) is 13.7 Å². The zero-order valence-electron chi connectivity index (χ0n) is 77.7. The quantitative estimate of drug-likeness (QED) is 0.151. The Morgan fingerprint density at radius 2 is 0.603 bits per heavy atom. The van der Waals surface area contributed by atoms with E-state index < -0.39 is 12.0 Å². The first-order valence-electron chi connectivity index (χ1n) is 45.5. The molecule has 2 aliphatic rings. The molecule has 2 aliphatic heterocycles. The molecule has 596 valence electrons. The van der Waals surface area contributed by atoms with E-state index in [2.05, 4.69) is 415 Å². The third kappa shape index (κ3) is 12.3. The average molecular weight is 1590 g/mol. The van der Waals surface area contributed by atoms with E-state index in [1.165, 1.54) is 86.8 Å². The van der Waals surface area contributed by atoms with Gasteiger partial charge in [-0.05, 0) is 244 Å². The SMILES string of the molecule is [2H]c1c([2H])c([2H])c(-c2ccc3c(c2)N(c2cc(-c4ccccc4)cc(-c4ccccc4)c2)c2cc(-n4c5ccc(C(C)(C)C)cc5c5cc(C(C)(C)C)ccc54)cc4c2C3c2ccc(-n3c5ccc(C(C)(C)C)cc5c5cc(C(C)(C)C)ccc53)cc2N4c2cccc3c2sc2c(-n4c5ccc(C(C)(C)C)cc5c5cc(C(C)(C)C)ccc54)cccc23)c([2H])c1[2H]. The van der Waals surface area contributed by atoms with Crippen LogP contribution in [0.25, 0.3) is 136 Å². The van der Waals surface area contributed by atoms with Gasteiger partial charge in [-0.1, -0.05) is 294 Å². The van der Waals surface area contributed by atoms with Crippen LogP contribution in [0.4, 0.5) is 34.1 Å². The van der Waals surface area contributed by atoms with Gasteiger partial charge in [0.05, 0.1) is 89.2 Å². The summed E-state index contributed by atoms with van der Waals surface area (Å²) < 4.78 is 56.8.